The summed E-state index contributed by atoms with van der Waals surface area (Å²) in [6.07, 6.45) is 4.54. The molecule has 0 amide bonds. The van der Waals surface area contributed by atoms with Gasteiger partial charge < -0.3 is 5.11 Å². The first-order valence-electron chi connectivity index (χ1n) is 8.60. The Bertz CT molecular complexity index is 946. The Morgan fingerprint density at radius 1 is 1.30 bits per heavy atom. The summed E-state index contributed by atoms with van der Waals surface area (Å²) in [5, 5.41) is 9.36. The lowest BCUT2D eigenvalue weighted by Crippen LogP contribution is -2.38. The zero-order chi connectivity index (χ0) is 19.6. The van der Waals surface area contributed by atoms with E-state index in [-0.39, 0.29) is 11.5 Å². The highest BCUT2D eigenvalue weighted by Gasteiger charge is 2.32. The molecular formula is C18H22N4O4S. The Hall–Kier alpha value is -2.36. The lowest BCUT2D eigenvalue weighted by Gasteiger charge is -2.20. The minimum absolute atomic E-state index is 0.152. The fourth-order valence-electron chi connectivity index (χ4n) is 3.23. The molecule has 1 aromatic heterocycles. The quantitative estimate of drug-likeness (QED) is 0.802. The van der Waals surface area contributed by atoms with Gasteiger partial charge in [-0.3, -0.25) is 4.98 Å². The Kier molecular flexibility index (Phi) is 5.54. The van der Waals surface area contributed by atoms with Crippen molar-refractivity contribution >= 4 is 16.2 Å². The van der Waals surface area contributed by atoms with E-state index in [0.717, 1.165) is 12.1 Å². The van der Waals surface area contributed by atoms with Gasteiger partial charge in [0.1, 0.15) is 0 Å². The predicted molar refractivity (Wildman–Crippen MR) is 100 cm³/mol. The van der Waals surface area contributed by atoms with E-state index in [0.29, 0.717) is 30.8 Å². The molecule has 2 aromatic rings. The molecule has 9 heteroatoms. The first-order valence-corrected chi connectivity index (χ1v) is 10.00. The third-order valence-corrected chi connectivity index (χ3v) is 6.56. The molecule has 1 atom stereocenters. The molecule has 27 heavy (non-hydrogen) atoms. The minimum atomic E-state index is -3.40. The molecule has 1 N–H and O–H groups in total. The second-order valence-electron chi connectivity index (χ2n) is 6.75. The van der Waals surface area contributed by atoms with Gasteiger partial charge in [0.25, 0.3) is 10.2 Å². The Morgan fingerprint density at radius 3 is 2.74 bits per heavy atom. The topological polar surface area (TPSA) is 104 Å². The molecule has 3 rings (SSSR count). The van der Waals surface area contributed by atoms with E-state index in [1.54, 1.807) is 30.6 Å². The van der Waals surface area contributed by atoms with E-state index in [1.807, 2.05) is 0 Å². The summed E-state index contributed by atoms with van der Waals surface area (Å²) in [4.78, 5) is 20.2. The summed E-state index contributed by atoms with van der Waals surface area (Å²) in [5.74, 6) is -0.864. The van der Waals surface area contributed by atoms with Gasteiger partial charge in [-0.15, -0.1) is 0 Å². The van der Waals surface area contributed by atoms with E-state index in [4.69, 9.17) is 0 Å². The number of hydrogen-bond donors (Lipinski definition) is 1. The molecule has 1 aliphatic rings. The van der Waals surface area contributed by atoms with Crippen LogP contribution in [0.15, 0.2) is 36.7 Å². The zero-order valence-corrected chi connectivity index (χ0v) is 16.1. The number of carbonyl (C=O) groups is 1. The van der Waals surface area contributed by atoms with Crippen LogP contribution < -0.4 is 0 Å². The number of carboxylic acid groups (broad SMARTS) is 1. The van der Waals surface area contributed by atoms with Crippen LogP contribution in [0.2, 0.25) is 0 Å². The zero-order valence-electron chi connectivity index (χ0n) is 15.2. The summed E-state index contributed by atoms with van der Waals surface area (Å²) >= 11 is 0. The van der Waals surface area contributed by atoms with Crippen LogP contribution in [-0.4, -0.2) is 65.3 Å². The maximum atomic E-state index is 12.2. The normalized spacial score (nSPS) is 18.1. The average Bonchev–Trinajstić information content (AvgIpc) is 3.11. The highest BCUT2D eigenvalue weighted by Crippen LogP contribution is 2.25. The van der Waals surface area contributed by atoms with Crippen molar-refractivity contribution in [3.8, 4) is 11.3 Å². The number of hydrogen-bond acceptors (Lipinski definition) is 5. The van der Waals surface area contributed by atoms with Crippen LogP contribution in [0.5, 0.6) is 0 Å². The van der Waals surface area contributed by atoms with Gasteiger partial charge in [-0.05, 0) is 24.8 Å². The van der Waals surface area contributed by atoms with E-state index in [1.165, 1.54) is 28.8 Å². The van der Waals surface area contributed by atoms with Crippen LogP contribution in [0.4, 0.5) is 0 Å². The second-order valence-corrected chi connectivity index (χ2v) is 8.90. The largest absolute Gasteiger partial charge is 0.478 e. The number of nitrogens with zero attached hydrogens (tertiary/aromatic N) is 4. The van der Waals surface area contributed by atoms with Crippen LogP contribution in [0.1, 0.15) is 22.5 Å². The van der Waals surface area contributed by atoms with Crippen molar-refractivity contribution in [1.29, 1.82) is 0 Å². The molecule has 2 heterocycles. The Labute approximate surface area is 158 Å². The number of benzene rings is 1. The van der Waals surface area contributed by atoms with Gasteiger partial charge in [0.15, 0.2) is 0 Å². The van der Waals surface area contributed by atoms with Crippen LogP contribution in [-0.2, 0) is 16.6 Å². The van der Waals surface area contributed by atoms with Gasteiger partial charge in [-0.1, -0.05) is 18.2 Å². The minimum Gasteiger partial charge on any atom is -0.478 e. The van der Waals surface area contributed by atoms with Crippen LogP contribution in [0, 0.1) is 5.92 Å². The summed E-state index contributed by atoms with van der Waals surface area (Å²) in [6, 6.07) is 6.67. The van der Waals surface area contributed by atoms with Crippen LogP contribution >= 0.6 is 0 Å². The Balaban J connectivity index is 1.78. The summed E-state index contributed by atoms with van der Waals surface area (Å²) in [7, 11) is -0.352. The lowest BCUT2D eigenvalue weighted by molar-refractivity contribution is 0.0697. The van der Waals surface area contributed by atoms with Gasteiger partial charge in [-0.25, -0.2) is 9.78 Å². The van der Waals surface area contributed by atoms with Crippen molar-refractivity contribution in [2.75, 3.05) is 27.2 Å². The molecule has 0 unspecified atom stereocenters. The maximum Gasteiger partial charge on any atom is 0.336 e. The van der Waals surface area contributed by atoms with Crippen LogP contribution in [0.25, 0.3) is 11.3 Å². The van der Waals surface area contributed by atoms with E-state index >= 15 is 0 Å². The molecule has 8 nitrogen and oxygen atoms in total. The SMILES string of the molecule is CN(C)S(=O)(=O)N1CC[C@H](Cc2cncc(-c3ccccc3C(=O)O)n2)C1. The average molecular weight is 390 g/mol. The van der Waals surface area contributed by atoms with Crippen molar-refractivity contribution < 1.29 is 18.3 Å². The third-order valence-electron chi connectivity index (χ3n) is 4.65. The third kappa shape index (κ3) is 4.15. The van der Waals surface area contributed by atoms with Crippen molar-refractivity contribution in [2.45, 2.75) is 12.8 Å². The summed E-state index contributed by atoms with van der Waals surface area (Å²) < 4.78 is 27.2. The monoisotopic (exact) mass is 390 g/mol. The number of aromatic nitrogens is 2. The van der Waals surface area contributed by atoms with Gasteiger partial charge in [-0.2, -0.15) is 17.0 Å². The van der Waals surface area contributed by atoms with Gasteiger partial charge >= 0.3 is 5.97 Å². The van der Waals surface area contributed by atoms with E-state index in [2.05, 4.69) is 9.97 Å². The van der Waals surface area contributed by atoms with Crippen LogP contribution in [0.3, 0.4) is 0 Å². The van der Waals surface area contributed by atoms with Gasteiger partial charge in [0.05, 0.1) is 23.1 Å². The number of carboxylic acids is 1. The molecule has 0 radical (unpaired) electrons. The first kappa shape index (κ1) is 19.4. The smallest absolute Gasteiger partial charge is 0.336 e. The molecule has 1 aromatic carbocycles. The van der Waals surface area contributed by atoms with Gasteiger partial charge in [0, 0.05) is 38.9 Å². The van der Waals surface area contributed by atoms with Crippen molar-refractivity contribution in [1.82, 2.24) is 18.6 Å². The molecule has 0 spiro atoms. The Morgan fingerprint density at radius 2 is 2.04 bits per heavy atom. The number of aromatic carboxylic acids is 1. The fourth-order valence-corrected chi connectivity index (χ4v) is 4.42. The fraction of sp³-hybridized carbons (Fsp3) is 0.389. The highest BCUT2D eigenvalue weighted by molar-refractivity contribution is 7.86. The number of rotatable bonds is 6. The van der Waals surface area contributed by atoms with E-state index in [9.17, 15) is 18.3 Å². The lowest BCUT2D eigenvalue weighted by atomic mass is 10.0. The van der Waals surface area contributed by atoms with Crippen molar-refractivity contribution in [3.05, 3.63) is 47.9 Å². The first-order chi connectivity index (χ1) is 12.8. The molecule has 1 aliphatic heterocycles. The highest BCUT2D eigenvalue weighted by atomic mass is 32.2. The summed E-state index contributed by atoms with van der Waals surface area (Å²) in [6.45, 7) is 0.929. The molecule has 1 saturated heterocycles. The molecule has 144 valence electrons. The van der Waals surface area contributed by atoms with E-state index < -0.39 is 16.2 Å². The van der Waals surface area contributed by atoms with Gasteiger partial charge in [0.2, 0.25) is 0 Å². The molecular weight excluding hydrogens is 368 g/mol. The summed E-state index contributed by atoms with van der Waals surface area (Å²) in [5.41, 5.74) is 1.92. The predicted octanol–water partition coefficient (Wildman–Crippen LogP) is 1.51. The molecule has 0 aliphatic carbocycles. The van der Waals surface area contributed by atoms with Crippen molar-refractivity contribution in [3.63, 3.8) is 0 Å². The molecule has 1 fully saturated rings. The molecule has 0 bridgehead atoms. The van der Waals surface area contributed by atoms with Crippen molar-refractivity contribution in [2.24, 2.45) is 5.92 Å². The maximum absolute atomic E-state index is 12.2. The second kappa shape index (κ2) is 7.71. The standard InChI is InChI=1S/C18H22N4O4S/c1-21(2)27(25,26)22-8-7-13(12-22)9-14-10-19-11-17(20-14)15-5-3-4-6-16(15)18(23)24/h3-6,10-11,13H,7-9,12H2,1-2H3,(H,23,24)/t13-/m1/s1. The molecule has 0 saturated carbocycles.